The third-order valence-electron chi connectivity index (χ3n) is 14.9. The second-order valence-electron chi connectivity index (χ2n) is 21.9. The van der Waals surface area contributed by atoms with Crippen LogP contribution in [0.15, 0.2) is 315 Å². The topological polar surface area (TPSA) is 155 Å². The van der Waals surface area contributed by atoms with Gasteiger partial charge in [-0.25, -0.2) is 59.8 Å². The molecule has 0 radical (unpaired) electrons. The van der Waals surface area contributed by atoms with Gasteiger partial charge in [0, 0.05) is 61.2 Å². The van der Waals surface area contributed by atoms with Gasteiger partial charge in [-0.2, -0.15) is 0 Å². The van der Waals surface area contributed by atoms with Gasteiger partial charge < -0.3 is 0 Å². The molecule has 94 heavy (non-hydrogen) atoms. The lowest BCUT2D eigenvalue weighted by molar-refractivity contribution is 0.992. The Hall–Kier alpha value is -12.5. The van der Waals surface area contributed by atoms with Crippen molar-refractivity contribution in [1.82, 2.24) is 59.8 Å². The molecule has 4 heterocycles. The van der Waals surface area contributed by atoms with E-state index in [1.165, 1.54) is 11.1 Å². The van der Waals surface area contributed by atoms with Crippen molar-refractivity contribution in [3.05, 3.63) is 338 Å². The molecule has 0 bridgehead atoms. The fraction of sp³-hybridized carbons (Fsp3) is 0.0488. The Bertz CT molecular complexity index is 4670. The minimum atomic E-state index is 0.685. The average Bonchev–Trinajstić information content (AvgIpc) is 0.872. The number of aryl methyl sites for hydroxylation is 4. The normalized spacial score (nSPS) is 10.6. The molecule has 0 amide bonds. The maximum Gasteiger partial charge on any atom is 0.164 e. The van der Waals surface area contributed by atoms with Crippen molar-refractivity contribution in [1.29, 1.82) is 0 Å². The largest absolute Gasteiger partial charge is 0.213 e. The third-order valence-corrected chi connectivity index (χ3v) is 14.9. The van der Waals surface area contributed by atoms with E-state index in [9.17, 15) is 0 Å². The van der Waals surface area contributed by atoms with Crippen molar-refractivity contribution in [2.24, 2.45) is 0 Å². The lowest BCUT2D eigenvalue weighted by Crippen LogP contribution is -2.00. The van der Waals surface area contributed by atoms with E-state index in [1.807, 2.05) is 292 Å². The highest BCUT2D eigenvalue weighted by Crippen LogP contribution is 2.30. The molecule has 11 aromatic carbocycles. The van der Waals surface area contributed by atoms with Crippen LogP contribution in [0.25, 0.3) is 125 Å². The van der Waals surface area contributed by atoms with Crippen LogP contribution < -0.4 is 0 Å². The summed E-state index contributed by atoms with van der Waals surface area (Å²) < 4.78 is 0. The highest BCUT2D eigenvalue weighted by Gasteiger charge is 2.16. The van der Waals surface area contributed by atoms with Gasteiger partial charge in [-0.15, -0.1) is 0 Å². The first kappa shape index (κ1) is 61.7. The zero-order chi connectivity index (χ0) is 64.3. The molecule has 4 aromatic heterocycles. The van der Waals surface area contributed by atoms with Crippen molar-refractivity contribution in [2.75, 3.05) is 0 Å². The fourth-order valence-electron chi connectivity index (χ4n) is 10.0. The van der Waals surface area contributed by atoms with Crippen molar-refractivity contribution in [3.63, 3.8) is 0 Å². The molecule has 0 saturated carbocycles. The van der Waals surface area contributed by atoms with Gasteiger partial charge in [0.05, 0.1) is 0 Å². The van der Waals surface area contributed by atoms with E-state index in [0.29, 0.717) is 64.1 Å². The van der Waals surface area contributed by atoms with Crippen molar-refractivity contribution in [2.45, 2.75) is 27.7 Å². The summed E-state index contributed by atoms with van der Waals surface area (Å²) in [5, 5.41) is 0. The molecule has 0 aliphatic heterocycles. The van der Waals surface area contributed by atoms with Crippen molar-refractivity contribution in [3.8, 4) is 125 Å². The van der Waals surface area contributed by atoms with Crippen LogP contribution >= 0.6 is 0 Å². The van der Waals surface area contributed by atoms with Gasteiger partial charge in [-0.05, 0) is 39.3 Å². The van der Waals surface area contributed by atoms with Crippen LogP contribution in [0.4, 0.5) is 0 Å². The van der Waals surface area contributed by atoms with Crippen LogP contribution in [0, 0.1) is 27.7 Å². The Kier molecular flexibility index (Phi) is 19.9. The van der Waals surface area contributed by atoms with Crippen molar-refractivity contribution >= 4 is 0 Å². The maximum absolute atomic E-state index is 4.74. The first-order chi connectivity index (χ1) is 46.2. The SMILES string of the molecule is Cc1ccc(-c2nc(-c3ccccc3)nc(-c3ccccc3)n2)cc1.Cc1cccc(-c2nc(-c3ccccc3)nc(-c3ccccc3)n2)c1.Cc1ccccc1-c1nc(-c2ccccc2)nc(-c2ccccc2)n1.Cc1nc(-c2ccccc2)nc(-c2ccccc2)n1. The smallest absolute Gasteiger partial charge is 0.164 e. The maximum atomic E-state index is 4.74. The quantitative estimate of drug-likeness (QED) is 0.121. The lowest BCUT2D eigenvalue weighted by atomic mass is 10.1. The highest BCUT2D eigenvalue weighted by atomic mass is 15.1. The molecule has 0 atom stereocenters. The van der Waals surface area contributed by atoms with E-state index in [2.05, 4.69) is 66.1 Å². The first-order valence-electron chi connectivity index (χ1n) is 30.9. The number of nitrogens with zero attached hydrogens (tertiary/aromatic N) is 12. The van der Waals surface area contributed by atoms with Gasteiger partial charge in [-0.3, -0.25) is 0 Å². The predicted octanol–water partition coefficient (Wildman–Crippen LogP) is 19.1. The Balaban J connectivity index is 0.000000121. The van der Waals surface area contributed by atoms with Gasteiger partial charge in [0.2, 0.25) is 0 Å². The van der Waals surface area contributed by atoms with Gasteiger partial charge in [0.25, 0.3) is 0 Å². The molecule has 12 nitrogen and oxygen atoms in total. The summed E-state index contributed by atoms with van der Waals surface area (Å²) >= 11 is 0. The molecule has 452 valence electrons. The van der Waals surface area contributed by atoms with Crippen LogP contribution in [-0.4, -0.2) is 59.8 Å². The first-order valence-corrected chi connectivity index (χ1v) is 30.9. The van der Waals surface area contributed by atoms with Crippen LogP contribution in [0.2, 0.25) is 0 Å². The molecule has 0 spiro atoms. The lowest BCUT2D eigenvalue weighted by Gasteiger charge is -2.09. The number of hydrogen-bond donors (Lipinski definition) is 0. The predicted molar refractivity (Wildman–Crippen MR) is 378 cm³/mol. The number of benzene rings is 11. The molecule has 0 N–H and O–H groups in total. The van der Waals surface area contributed by atoms with E-state index in [4.69, 9.17) is 44.9 Å². The van der Waals surface area contributed by atoms with Crippen LogP contribution in [0.1, 0.15) is 22.5 Å². The minimum absolute atomic E-state index is 0.685. The van der Waals surface area contributed by atoms with Crippen LogP contribution in [0.5, 0.6) is 0 Å². The summed E-state index contributed by atoms with van der Waals surface area (Å²) in [4.78, 5) is 55.8. The number of rotatable bonds is 11. The third kappa shape index (κ3) is 16.1. The molecule has 0 aliphatic rings. The van der Waals surface area contributed by atoms with Gasteiger partial charge in [-0.1, -0.05) is 321 Å². The Labute approximate surface area is 547 Å². The summed E-state index contributed by atoms with van der Waals surface area (Å²) in [6.45, 7) is 8.10. The molecular formula is C82H64N12. The number of aromatic nitrogens is 12. The summed E-state index contributed by atoms with van der Waals surface area (Å²) in [6.07, 6.45) is 0. The summed E-state index contributed by atoms with van der Waals surface area (Å²) in [5.74, 6) is 8.36. The molecule has 12 heteroatoms. The summed E-state index contributed by atoms with van der Waals surface area (Å²) in [6, 6.07) is 105. The molecule has 0 fully saturated rings. The Morgan fingerprint density at radius 2 is 0.383 bits per heavy atom. The molecule has 0 aliphatic carbocycles. The van der Waals surface area contributed by atoms with Crippen LogP contribution in [0.3, 0.4) is 0 Å². The molecule has 0 saturated heterocycles. The molecule has 15 aromatic rings. The summed E-state index contributed by atoms with van der Waals surface area (Å²) in [7, 11) is 0. The van der Waals surface area contributed by atoms with E-state index in [1.54, 1.807) is 0 Å². The van der Waals surface area contributed by atoms with E-state index >= 15 is 0 Å². The summed E-state index contributed by atoms with van der Waals surface area (Å²) in [5.41, 5.74) is 14.5. The second kappa shape index (κ2) is 30.3. The number of hydrogen-bond acceptors (Lipinski definition) is 12. The zero-order valence-corrected chi connectivity index (χ0v) is 52.4. The fourth-order valence-corrected chi connectivity index (χ4v) is 10.0. The van der Waals surface area contributed by atoms with Gasteiger partial charge in [0.1, 0.15) is 5.82 Å². The zero-order valence-electron chi connectivity index (χ0n) is 52.4. The van der Waals surface area contributed by atoms with E-state index < -0.39 is 0 Å². The van der Waals surface area contributed by atoms with Gasteiger partial charge in [0.15, 0.2) is 64.1 Å². The molecule has 15 rings (SSSR count). The Morgan fingerprint density at radius 3 is 0.660 bits per heavy atom. The van der Waals surface area contributed by atoms with Crippen molar-refractivity contribution < 1.29 is 0 Å². The van der Waals surface area contributed by atoms with Crippen LogP contribution in [-0.2, 0) is 0 Å². The van der Waals surface area contributed by atoms with E-state index in [-0.39, 0.29) is 0 Å². The molecule has 0 unspecified atom stereocenters. The monoisotopic (exact) mass is 1220 g/mol. The van der Waals surface area contributed by atoms with Gasteiger partial charge >= 0.3 is 0 Å². The second-order valence-corrected chi connectivity index (χ2v) is 21.9. The standard InChI is InChI=1S/3C22H17N3.C16H13N3/c1-16-10-8-9-15-19(16)22-24-20(17-11-4-2-5-12-17)23-21(25-22)18-13-6-3-7-14-18;1-16-9-8-14-19(15-16)22-24-20(17-10-4-2-5-11-17)23-21(25-22)18-12-6-3-7-13-18;1-16-12-14-19(15-13-16)22-24-20(17-8-4-2-5-9-17)23-21(25-22)18-10-6-3-7-11-18;1-12-17-15(13-8-4-2-5-9-13)19-16(18-12)14-10-6-3-7-11-14/h3*2-15H,1H3;2-11H,1H3. The highest BCUT2D eigenvalue weighted by molar-refractivity contribution is 5.71. The Morgan fingerprint density at radius 1 is 0.160 bits per heavy atom. The van der Waals surface area contributed by atoms with E-state index in [0.717, 1.165) is 72.6 Å². The average molecular weight is 1220 g/mol. The minimum Gasteiger partial charge on any atom is -0.213 e. The molecular weight excluding hydrogens is 1150 g/mol.